The quantitative estimate of drug-likeness (QED) is 0.381. The largest absolute Gasteiger partial charge is 0.460 e. The number of esters is 1. The van der Waals surface area contributed by atoms with Gasteiger partial charge >= 0.3 is 5.97 Å². The van der Waals surface area contributed by atoms with Gasteiger partial charge in [-0.2, -0.15) is 4.31 Å². The highest BCUT2D eigenvalue weighted by Gasteiger charge is 2.35. The van der Waals surface area contributed by atoms with E-state index in [2.05, 4.69) is 0 Å². The van der Waals surface area contributed by atoms with Gasteiger partial charge in [0.1, 0.15) is 6.61 Å². The van der Waals surface area contributed by atoms with Gasteiger partial charge in [0.15, 0.2) is 0 Å². The molecule has 35 heavy (non-hydrogen) atoms. The summed E-state index contributed by atoms with van der Waals surface area (Å²) in [7, 11) is -3.37. The van der Waals surface area contributed by atoms with Crippen LogP contribution in [0, 0.1) is 0 Å². The standard InChI is InChI=1S/C26H29N3O5S/c1-5-16-19-12-23-24-20(13-28(23)25(30)21(19)14-34-26(16)31)17(18-8-6-7-9-22(18)27-24)10-11-29(15(2)3)35(4,32)33/h6-9,12,15-16H,5,10-11,13-14H2,1-4H3/t16-/m0/s1. The van der Waals surface area contributed by atoms with Crippen molar-refractivity contribution in [2.45, 2.75) is 58.7 Å². The normalized spacial score (nSPS) is 17.0. The smallest absolute Gasteiger partial charge is 0.313 e. The Hall–Kier alpha value is -3.04. The molecule has 0 saturated carbocycles. The molecule has 0 N–H and O–H groups in total. The van der Waals surface area contributed by atoms with Crippen LogP contribution in [0.25, 0.3) is 22.3 Å². The predicted molar refractivity (Wildman–Crippen MR) is 134 cm³/mol. The molecular weight excluding hydrogens is 466 g/mol. The minimum absolute atomic E-state index is 0.0138. The highest BCUT2D eigenvalue weighted by atomic mass is 32.2. The molecule has 0 aliphatic carbocycles. The van der Waals surface area contributed by atoms with Gasteiger partial charge in [-0.3, -0.25) is 9.59 Å². The van der Waals surface area contributed by atoms with Crippen LogP contribution in [0.2, 0.25) is 0 Å². The van der Waals surface area contributed by atoms with E-state index in [9.17, 15) is 18.0 Å². The maximum absolute atomic E-state index is 13.5. The van der Waals surface area contributed by atoms with Crippen molar-refractivity contribution in [2.75, 3.05) is 12.8 Å². The average Bonchev–Trinajstić information content (AvgIpc) is 3.16. The SMILES string of the molecule is CC[C@@H]1C(=O)OCc2c1cc1n(c2=O)Cc2c-1nc1ccccc1c2CCN(C(C)C)S(C)(=O)=O. The van der Waals surface area contributed by atoms with E-state index in [1.807, 2.05) is 51.1 Å². The van der Waals surface area contributed by atoms with E-state index < -0.39 is 15.9 Å². The molecule has 0 radical (unpaired) electrons. The van der Waals surface area contributed by atoms with Crippen molar-refractivity contribution in [1.29, 1.82) is 0 Å². The third-order valence-electron chi connectivity index (χ3n) is 7.12. The molecular formula is C26H29N3O5S. The minimum atomic E-state index is -3.37. The van der Waals surface area contributed by atoms with Crippen LogP contribution < -0.4 is 5.56 Å². The third-order valence-corrected chi connectivity index (χ3v) is 8.57. The number of cyclic esters (lactones) is 1. The molecule has 1 aromatic carbocycles. The van der Waals surface area contributed by atoms with Crippen LogP contribution in [0.4, 0.5) is 0 Å². The van der Waals surface area contributed by atoms with Crippen LogP contribution in [0.15, 0.2) is 35.1 Å². The Balaban J connectivity index is 1.68. The zero-order valence-electron chi connectivity index (χ0n) is 20.4. The van der Waals surface area contributed by atoms with Gasteiger partial charge in [0.05, 0.1) is 41.2 Å². The highest BCUT2D eigenvalue weighted by molar-refractivity contribution is 7.88. The van der Waals surface area contributed by atoms with Crippen LogP contribution in [-0.4, -0.2) is 47.1 Å². The molecule has 4 heterocycles. The first-order valence-electron chi connectivity index (χ1n) is 11.9. The van der Waals surface area contributed by atoms with E-state index in [0.29, 0.717) is 37.2 Å². The number of rotatable bonds is 6. The average molecular weight is 496 g/mol. The summed E-state index contributed by atoms with van der Waals surface area (Å²) in [6.45, 7) is 6.31. The molecule has 0 amide bonds. The molecule has 9 heteroatoms. The number of pyridine rings is 2. The molecule has 2 aliphatic heterocycles. The number of fused-ring (bicyclic) bond motifs is 5. The van der Waals surface area contributed by atoms with E-state index in [4.69, 9.17) is 9.72 Å². The Kier molecular flexibility index (Phi) is 5.80. The first kappa shape index (κ1) is 23.7. The summed E-state index contributed by atoms with van der Waals surface area (Å²) in [5.41, 5.74) is 5.25. The first-order chi connectivity index (χ1) is 16.6. The van der Waals surface area contributed by atoms with Crippen molar-refractivity contribution in [1.82, 2.24) is 13.9 Å². The molecule has 0 spiro atoms. The summed E-state index contributed by atoms with van der Waals surface area (Å²) in [5.74, 6) is -0.764. The molecule has 2 aromatic heterocycles. The monoisotopic (exact) mass is 495 g/mol. The summed E-state index contributed by atoms with van der Waals surface area (Å²) in [6, 6.07) is 9.55. The van der Waals surface area contributed by atoms with E-state index in [-0.39, 0.29) is 24.2 Å². The number of nitrogens with zero attached hydrogens (tertiary/aromatic N) is 3. The Labute approximate surface area is 204 Å². The highest BCUT2D eigenvalue weighted by Crippen LogP contribution is 2.39. The molecule has 5 rings (SSSR count). The number of hydrogen-bond donors (Lipinski definition) is 0. The van der Waals surface area contributed by atoms with Crippen molar-refractivity contribution in [3.8, 4) is 11.4 Å². The van der Waals surface area contributed by atoms with E-state index in [1.54, 1.807) is 4.57 Å². The Morgan fingerprint density at radius 2 is 1.94 bits per heavy atom. The fourth-order valence-electron chi connectivity index (χ4n) is 5.45. The van der Waals surface area contributed by atoms with Gasteiger partial charge < -0.3 is 9.30 Å². The second-order valence-corrected chi connectivity index (χ2v) is 11.5. The number of carbonyl (C=O) groups excluding carboxylic acids is 1. The van der Waals surface area contributed by atoms with Crippen molar-refractivity contribution >= 4 is 26.9 Å². The number of para-hydroxylation sites is 1. The van der Waals surface area contributed by atoms with Gasteiger partial charge in [-0.05, 0) is 49.9 Å². The summed E-state index contributed by atoms with van der Waals surface area (Å²) in [5, 5.41) is 0.957. The van der Waals surface area contributed by atoms with Crippen LogP contribution in [0.1, 0.15) is 55.4 Å². The summed E-state index contributed by atoms with van der Waals surface area (Å²) < 4.78 is 33.3. The lowest BCUT2D eigenvalue weighted by molar-refractivity contribution is -0.148. The van der Waals surface area contributed by atoms with Gasteiger partial charge in [-0.1, -0.05) is 25.1 Å². The fraction of sp³-hybridized carbons (Fsp3) is 0.423. The van der Waals surface area contributed by atoms with Gasteiger partial charge in [0.2, 0.25) is 10.0 Å². The van der Waals surface area contributed by atoms with E-state index >= 15 is 0 Å². The van der Waals surface area contributed by atoms with Crippen molar-refractivity contribution in [3.63, 3.8) is 0 Å². The lowest BCUT2D eigenvalue weighted by Gasteiger charge is -2.24. The maximum Gasteiger partial charge on any atom is 0.313 e. The second-order valence-electron chi connectivity index (χ2n) is 9.58. The lowest BCUT2D eigenvalue weighted by Crippen LogP contribution is -2.37. The van der Waals surface area contributed by atoms with Gasteiger partial charge in [0, 0.05) is 23.5 Å². The number of hydrogen-bond acceptors (Lipinski definition) is 6. The Bertz CT molecular complexity index is 1520. The fourth-order valence-corrected chi connectivity index (χ4v) is 6.64. The number of benzene rings is 1. The summed E-state index contributed by atoms with van der Waals surface area (Å²) in [4.78, 5) is 30.8. The Morgan fingerprint density at radius 1 is 1.20 bits per heavy atom. The molecule has 0 saturated heterocycles. The Morgan fingerprint density at radius 3 is 2.63 bits per heavy atom. The third kappa shape index (κ3) is 3.87. The zero-order chi connectivity index (χ0) is 25.1. The van der Waals surface area contributed by atoms with Gasteiger partial charge in [-0.25, -0.2) is 13.4 Å². The molecule has 0 fully saturated rings. The topological polar surface area (TPSA) is 98.6 Å². The van der Waals surface area contributed by atoms with Crippen LogP contribution in [0.5, 0.6) is 0 Å². The van der Waals surface area contributed by atoms with Crippen molar-refractivity contribution in [2.24, 2.45) is 0 Å². The number of carbonyl (C=O) groups is 1. The van der Waals surface area contributed by atoms with Gasteiger partial charge in [-0.15, -0.1) is 0 Å². The zero-order valence-corrected chi connectivity index (χ0v) is 21.2. The molecule has 1 atom stereocenters. The second kappa shape index (κ2) is 8.57. The number of ether oxygens (including phenoxy) is 1. The maximum atomic E-state index is 13.5. The molecule has 8 nitrogen and oxygen atoms in total. The summed E-state index contributed by atoms with van der Waals surface area (Å²) in [6.07, 6.45) is 2.28. The van der Waals surface area contributed by atoms with Crippen LogP contribution >= 0.6 is 0 Å². The summed E-state index contributed by atoms with van der Waals surface area (Å²) >= 11 is 0. The van der Waals surface area contributed by atoms with Crippen molar-refractivity contribution in [3.05, 3.63) is 62.9 Å². The number of sulfonamides is 1. The molecule has 0 unspecified atom stereocenters. The molecule has 0 bridgehead atoms. The van der Waals surface area contributed by atoms with Crippen LogP contribution in [0.3, 0.4) is 0 Å². The van der Waals surface area contributed by atoms with Crippen molar-refractivity contribution < 1.29 is 17.9 Å². The van der Waals surface area contributed by atoms with Crippen LogP contribution in [-0.2, 0) is 39.1 Å². The number of aromatic nitrogens is 2. The first-order valence-corrected chi connectivity index (χ1v) is 13.8. The van der Waals surface area contributed by atoms with E-state index in [1.165, 1.54) is 10.6 Å². The lowest BCUT2D eigenvalue weighted by atomic mass is 9.90. The van der Waals surface area contributed by atoms with E-state index in [0.717, 1.165) is 33.3 Å². The minimum Gasteiger partial charge on any atom is -0.460 e. The molecule has 3 aromatic rings. The predicted octanol–water partition coefficient (Wildman–Crippen LogP) is 3.19. The molecule has 2 aliphatic rings. The van der Waals surface area contributed by atoms with Gasteiger partial charge in [0.25, 0.3) is 5.56 Å². The molecule has 184 valence electrons.